The second kappa shape index (κ2) is 4.38. The van der Waals surface area contributed by atoms with E-state index in [9.17, 15) is 0 Å². The number of methoxy groups -OCH3 is 1. The van der Waals surface area contributed by atoms with Crippen LogP contribution in [0.2, 0.25) is 0 Å². The Balaban J connectivity index is 2.76. The quantitative estimate of drug-likeness (QED) is 0.840. The molecule has 0 radical (unpaired) electrons. The zero-order valence-corrected chi connectivity index (χ0v) is 10.0. The van der Waals surface area contributed by atoms with Crippen LogP contribution in [0.25, 0.3) is 0 Å². The normalized spacial score (nSPS) is 14.4. The Morgan fingerprint density at radius 1 is 1.57 bits per heavy atom. The minimum absolute atomic E-state index is 0.00175. The Morgan fingerprint density at radius 2 is 2.21 bits per heavy atom. The zero-order chi connectivity index (χ0) is 10.8. The van der Waals surface area contributed by atoms with E-state index in [1.807, 2.05) is 5.38 Å². The van der Waals surface area contributed by atoms with E-state index in [0.29, 0.717) is 6.61 Å². The van der Waals surface area contributed by atoms with Crippen molar-refractivity contribution >= 4 is 11.3 Å². The Labute approximate surface area is 89.3 Å². The Bertz CT molecular complexity index is 291. The van der Waals surface area contributed by atoms with Crippen molar-refractivity contribution < 1.29 is 4.74 Å². The van der Waals surface area contributed by atoms with Crippen LogP contribution in [0.3, 0.4) is 0 Å². The van der Waals surface area contributed by atoms with Crippen molar-refractivity contribution in [3.8, 4) is 0 Å². The van der Waals surface area contributed by atoms with E-state index in [2.05, 4.69) is 25.8 Å². The fraction of sp³-hybridized carbons (Fsp3) is 0.700. The highest BCUT2D eigenvalue weighted by Crippen LogP contribution is 2.32. The fourth-order valence-electron chi connectivity index (χ4n) is 1.05. The van der Waals surface area contributed by atoms with Crippen LogP contribution in [0.15, 0.2) is 5.38 Å². The highest BCUT2D eigenvalue weighted by Gasteiger charge is 2.24. The standard InChI is InChI=1S/C10H18N2OS/c1-10(2,3)8(11)9-12-7(5-13-4)6-14-9/h6,8H,5,11H2,1-4H3. The molecule has 14 heavy (non-hydrogen) atoms. The molecule has 1 aromatic rings. The maximum Gasteiger partial charge on any atom is 0.110 e. The lowest BCUT2D eigenvalue weighted by molar-refractivity contribution is 0.181. The molecule has 1 atom stereocenters. The van der Waals surface area contributed by atoms with Crippen molar-refractivity contribution in [3.05, 3.63) is 16.1 Å². The SMILES string of the molecule is COCc1csc(C(N)C(C)(C)C)n1. The van der Waals surface area contributed by atoms with Crippen LogP contribution in [0.4, 0.5) is 0 Å². The Hall–Kier alpha value is -0.450. The highest BCUT2D eigenvalue weighted by atomic mass is 32.1. The first-order valence-corrected chi connectivity index (χ1v) is 5.52. The molecule has 0 aliphatic carbocycles. The molecule has 0 aliphatic rings. The molecule has 4 heteroatoms. The van der Waals surface area contributed by atoms with E-state index in [1.54, 1.807) is 18.4 Å². The first-order chi connectivity index (χ1) is 6.45. The van der Waals surface area contributed by atoms with Gasteiger partial charge in [-0.25, -0.2) is 4.98 Å². The summed E-state index contributed by atoms with van der Waals surface area (Å²) in [5.41, 5.74) is 7.11. The lowest BCUT2D eigenvalue weighted by atomic mass is 9.88. The molecule has 0 saturated heterocycles. The van der Waals surface area contributed by atoms with Gasteiger partial charge in [-0.15, -0.1) is 11.3 Å². The summed E-state index contributed by atoms with van der Waals surface area (Å²) in [7, 11) is 1.67. The smallest absolute Gasteiger partial charge is 0.110 e. The number of hydrogen-bond donors (Lipinski definition) is 1. The summed E-state index contributed by atoms with van der Waals surface area (Å²) < 4.78 is 5.01. The molecule has 0 fully saturated rings. The molecule has 1 unspecified atom stereocenters. The zero-order valence-electron chi connectivity index (χ0n) is 9.20. The number of hydrogen-bond acceptors (Lipinski definition) is 4. The number of rotatable bonds is 3. The van der Waals surface area contributed by atoms with Gasteiger partial charge in [-0.1, -0.05) is 20.8 Å². The van der Waals surface area contributed by atoms with Gasteiger partial charge in [0, 0.05) is 12.5 Å². The summed E-state index contributed by atoms with van der Waals surface area (Å²) in [6, 6.07) is -0.00175. The van der Waals surface area contributed by atoms with Crippen LogP contribution >= 0.6 is 11.3 Å². The second-order valence-electron chi connectivity index (χ2n) is 4.45. The van der Waals surface area contributed by atoms with Gasteiger partial charge in [0.1, 0.15) is 5.01 Å². The first kappa shape index (κ1) is 11.6. The third-order valence-electron chi connectivity index (χ3n) is 2.06. The van der Waals surface area contributed by atoms with Gasteiger partial charge in [-0.3, -0.25) is 0 Å². The molecule has 0 bridgehead atoms. The maximum absolute atomic E-state index is 6.09. The molecule has 1 rings (SSSR count). The molecule has 0 aliphatic heterocycles. The van der Waals surface area contributed by atoms with Gasteiger partial charge in [0.05, 0.1) is 18.3 Å². The number of thiazole rings is 1. The fourth-order valence-corrected chi connectivity index (χ4v) is 2.10. The predicted octanol–water partition coefficient (Wildman–Crippen LogP) is 2.34. The van der Waals surface area contributed by atoms with Gasteiger partial charge in [0.15, 0.2) is 0 Å². The molecule has 0 spiro atoms. The number of nitrogens with zero attached hydrogens (tertiary/aromatic N) is 1. The van der Waals surface area contributed by atoms with Gasteiger partial charge in [-0.2, -0.15) is 0 Å². The van der Waals surface area contributed by atoms with Crippen molar-refractivity contribution in [2.45, 2.75) is 33.4 Å². The largest absolute Gasteiger partial charge is 0.378 e. The number of aromatic nitrogens is 1. The number of nitrogens with two attached hydrogens (primary N) is 1. The summed E-state index contributed by atoms with van der Waals surface area (Å²) in [5.74, 6) is 0. The minimum atomic E-state index is -0.00175. The van der Waals surface area contributed by atoms with Crippen molar-refractivity contribution in [2.75, 3.05) is 7.11 Å². The van der Waals surface area contributed by atoms with Crippen molar-refractivity contribution in [1.29, 1.82) is 0 Å². The third-order valence-corrected chi connectivity index (χ3v) is 3.04. The van der Waals surface area contributed by atoms with Crippen molar-refractivity contribution in [3.63, 3.8) is 0 Å². The molecule has 3 nitrogen and oxygen atoms in total. The van der Waals surface area contributed by atoms with Gasteiger partial charge in [-0.05, 0) is 5.41 Å². The van der Waals surface area contributed by atoms with Crippen LogP contribution < -0.4 is 5.73 Å². The van der Waals surface area contributed by atoms with Crippen LogP contribution in [0.5, 0.6) is 0 Å². The summed E-state index contributed by atoms with van der Waals surface area (Å²) in [6.07, 6.45) is 0. The van der Waals surface area contributed by atoms with E-state index in [0.717, 1.165) is 10.7 Å². The summed E-state index contributed by atoms with van der Waals surface area (Å²) in [4.78, 5) is 4.43. The Kier molecular flexibility index (Phi) is 3.64. The van der Waals surface area contributed by atoms with E-state index < -0.39 is 0 Å². The van der Waals surface area contributed by atoms with Crippen molar-refractivity contribution in [2.24, 2.45) is 11.1 Å². The van der Waals surface area contributed by atoms with Gasteiger partial charge < -0.3 is 10.5 Å². The monoisotopic (exact) mass is 214 g/mol. The molecular formula is C10H18N2OS. The van der Waals surface area contributed by atoms with Crippen LogP contribution in [0, 0.1) is 5.41 Å². The van der Waals surface area contributed by atoms with Gasteiger partial charge in [0.25, 0.3) is 0 Å². The summed E-state index contributed by atoms with van der Waals surface area (Å²) in [5, 5.41) is 2.99. The molecule has 80 valence electrons. The molecular weight excluding hydrogens is 196 g/mol. The molecule has 0 aromatic carbocycles. The third kappa shape index (κ3) is 2.77. The summed E-state index contributed by atoms with van der Waals surface area (Å²) in [6.45, 7) is 6.92. The molecule has 1 aromatic heterocycles. The van der Waals surface area contributed by atoms with Gasteiger partial charge >= 0.3 is 0 Å². The molecule has 1 heterocycles. The minimum Gasteiger partial charge on any atom is -0.378 e. The lowest BCUT2D eigenvalue weighted by Crippen LogP contribution is -2.26. The van der Waals surface area contributed by atoms with Gasteiger partial charge in [0.2, 0.25) is 0 Å². The van der Waals surface area contributed by atoms with Crippen LogP contribution in [-0.4, -0.2) is 12.1 Å². The Morgan fingerprint density at radius 3 is 2.71 bits per heavy atom. The molecule has 0 saturated carbocycles. The second-order valence-corrected chi connectivity index (χ2v) is 5.34. The van der Waals surface area contributed by atoms with Crippen LogP contribution in [0.1, 0.15) is 37.5 Å². The van der Waals surface area contributed by atoms with E-state index in [4.69, 9.17) is 10.5 Å². The van der Waals surface area contributed by atoms with E-state index in [1.165, 1.54) is 0 Å². The average Bonchev–Trinajstić information content (AvgIpc) is 2.50. The lowest BCUT2D eigenvalue weighted by Gasteiger charge is -2.24. The highest BCUT2D eigenvalue weighted by molar-refractivity contribution is 7.09. The number of ether oxygens (including phenoxy) is 1. The predicted molar refractivity (Wildman–Crippen MR) is 59.2 cm³/mol. The van der Waals surface area contributed by atoms with E-state index >= 15 is 0 Å². The molecule has 2 N–H and O–H groups in total. The first-order valence-electron chi connectivity index (χ1n) is 4.64. The van der Waals surface area contributed by atoms with E-state index in [-0.39, 0.29) is 11.5 Å². The molecule has 0 amide bonds. The maximum atomic E-state index is 6.09. The average molecular weight is 214 g/mol. The van der Waals surface area contributed by atoms with Crippen molar-refractivity contribution in [1.82, 2.24) is 4.98 Å². The summed E-state index contributed by atoms with van der Waals surface area (Å²) >= 11 is 1.61. The van der Waals surface area contributed by atoms with Crippen LogP contribution in [-0.2, 0) is 11.3 Å². The topological polar surface area (TPSA) is 48.1 Å².